The van der Waals surface area contributed by atoms with Gasteiger partial charge in [0.15, 0.2) is 5.82 Å². The summed E-state index contributed by atoms with van der Waals surface area (Å²) in [5, 5.41) is 17.0. The monoisotopic (exact) mass is 866 g/mol. The van der Waals surface area contributed by atoms with Crippen molar-refractivity contribution in [3.63, 3.8) is 0 Å². The fraction of sp³-hybridized carbons (Fsp3) is 0.333. The first-order valence-corrected chi connectivity index (χ1v) is 17.0. The zero-order valence-electron chi connectivity index (χ0n) is 29.6. The number of carbonyl (C=O) groups excluding carboxylic acids is 5. The molecule has 3 aromatic heterocycles. The Hall–Kier alpha value is -6.40. The minimum atomic E-state index is -5.77. The van der Waals surface area contributed by atoms with Crippen LogP contribution >= 0.6 is 11.6 Å². The summed E-state index contributed by atoms with van der Waals surface area (Å²) >= 11 is 6.36. The maximum absolute atomic E-state index is 13.1. The second kappa shape index (κ2) is 18.9. The summed E-state index contributed by atoms with van der Waals surface area (Å²) in [5.74, 6) is -6.21. The molecule has 1 saturated heterocycles. The second-order valence-electron chi connectivity index (χ2n) is 12.4. The van der Waals surface area contributed by atoms with Crippen molar-refractivity contribution in [1.29, 1.82) is 0 Å². The first-order valence-electron chi connectivity index (χ1n) is 16.6. The molecule has 0 saturated carbocycles. The van der Waals surface area contributed by atoms with E-state index in [4.69, 9.17) is 22.1 Å². The van der Waals surface area contributed by atoms with Gasteiger partial charge in [-0.15, -0.1) is 0 Å². The SMILES string of the molecule is Nc1nonc1C(=O)N1CCC(CC(=O)Nc2ccc3cc2CCc2cncc(c2)Nc2ncc(Cl)c(n2)N3)CC1.O=C(C(=O)C(F)(F)F)C(F)(F)F.O=CC(F)(F)F. The molecule has 4 aromatic rings. The van der Waals surface area contributed by atoms with Gasteiger partial charge >= 0.3 is 30.1 Å². The number of fused-ring (bicyclic) bond motifs is 6. The lowest BCUT2D eigenvalue weighted by Crippen LogP contribution is -2.39. The summed E-state index contributed by atoms with van der Waals surface area (Å²) in [6.45, 7) is 1.01. The molecular formula is C33H28ClF9N10O6. The molecule has 6 bridgehead atoms. The standard InChI is InChI=1S/C27H27ClN10O3.C4F6O2.C2HF3O/c28-20-14-31-27-33-19-9-16(12-30-13-19)1-2-17-11-18(32-25(20)35-27)3-4-21(17)34-22(39)10-15-5-7-38(8-6-15)26(40)23-24(29)37-41-36-23;5-3(6,7)1(11)2(12)4(8,9)10;3-2(4,5)1-6/h3-4,9,11-15H,1-2,5-8,10H2,(H2,29,37)(H,34,39)(H2,31,32,33,35);;1H. The van der Waals surface area contributed by atoms with Crippen molar-refractivity contribution >= 4 is 75.9 Å². The summed E-state index contributed by atoms with van der Waals surface area (Å²) < 4.78 is 103. The molecule has 0 radical (unpaired) electrons. The van der Waals surface area contributed by atoms with E-state index >= 15 is 0 Å². The first-order chi connectivity index (χ1) is 27.5. The van der Waals surface area contributed by atoms with E-state index in [1.165, 1.54) is 6.20 Å². The van der Waals surface area contributed by atoms with E-state index in [0.29, 0.717) is 62.0 Å². The smallest absolute Gasteiger partial charge is 0.379 e. The van der Waals surface area contributed by atoms with Crippen molar-refractivity contribution in [3.8, 4) is 0 Å². The Bertz CT molecular complexity index is 2150. The quantitative estimate of drug-likeness (QED) is 0.103. The minimum absolute atomic E-state index is 0.0215. The fourth-order valence-corrected chi connectivity index (χ4v) is 5.45. The van der Waals surface area contributed by atoms with Crippen LogP contribution in [0, 0.1) is 5.92 Å². The number of aldehydes is 1. The number of hydrogen-bond acceptors (Lipinski definition) is 14. The van der Waals surface area contributed by atoms with Crippen molar-refractivity contribution in [1.82, 2.24) is 30.2 Å². The molecule has 0 atom stereocenters. The number of aryl methyl sites for hydroxylation is 2. The van der Waals surface area contributed by atoms with Crippen molar-refractivity contribution in [2.75, 3.05) is 34.8 Å². The summed E-state index contributed by atoms with van der Waals surface area (Å²) in [5.41, 5.74) is 9.97. The number of amides is 2. The van der Waals surface area contributed by atoms with Crippen molar-refractivity contribution in [2.45, 2.75) is 50.6 Å². The molecule has 5 heterocycles. The predicted octanol–water partition coefficient (Wildman–Crippen LogP) is 5.95. The highest BCUT2D eigenvalue weighted by atomic mass is 35.5. The Balaban J connectivity index is 0.000000358. The molecule has 59 heavy (non-hydrogen) atoms. The summed E-state index contributed by atoms with van der Waals surface area (Å²) in [6.07, 6.45) is -9.05. The summed E-state index contributed by atoms with van der Waals surface area (Å²) in [4.78, 5) is 68.4. The van der Waals surface area contributed by atoms with Crippen LogP contribution in [-0.4, -0.2) is 91.5 Å². The highest BCUT2D eigenvalue weighted by Gasteiger charge is 2.54. The van der Waals surface area contributed by atoms with Gasteiger partial charge in [0.05, 0.1) is 18.1 Å². The predicted molar refractivity (Wildman–Crippen MR) is 187 cm³/mol. The molecule has 5 N–H and O–H groups in total. The van der Waals surface area contributed by atoms with Crippen LogP contribution in [-0.2, 0) is 32.0 Å². The summed E-state index contributed by atoms with van der Waals surface area (Å²) in [6, 6.07) is 7.75. The molecule has 2 aliphatic heterocycles. The first kappa shape index (κ1) is 45.3. The van der Waals surface area contributed by atoms with Gasteiger partial charge in [-0.05, 0) is 77.3 Å². The highest BCUT2D eigenvalue weighted by molar-refractivity contribution is 6.41. The number of rotatable bonds is 5. The molecule has 2 amide bonds. The molecule has 316 valence electrons. The van der Waals surface area contributed by atoms with Crippen LogP contribution in [0.2, 0.25) is 5.02 Å². The summed E-state index contributed by atoms with van der Waals surface area (Å²) in [7, 11) is 0. The van der Waals surface area contributed by atoms with Crippen LogP contribution in [0.1, 0.15) is 40.9 Å². The number of nitrogens with two attached hydrogens (primary N) is 1. The van der Waals surface area contributed by atoms with Crippen LogP contribution < -0.4 is 21.7 Å². The number of halogens is 10. The number of benzene rings is 1. The number of nitrogens with one attached hydrogen (secondary N) is 3. The number of nitrogens with zero attached hydrogens (tertiary/aromatic N) is 6. The van der Waals surface area contributed by atoms with Gasteiger partial charge in [-0.2, -0.15) is 44.5 Å². The Kier molecular flexibility index (Phi) is 14.5. The lowest BCUT2D eigenvalue weighted by molar-refractivity contribution is -0.193. The Labute approximate surface area is 330 Å². The number of carbonyl (C=O) groups is 5. The van der Waals surface area contributed by atoms with Gasteiger partial charge in [-0.3, -0.25) is 29.0 Å². The number of ketones is 2. The molecule has 1 fully saturated rings. The lowest BCUT2D eigenvalue weighted by Gasteiger charge is -2.31. The molecule has 0 unspecified atom stereocenters. The maximum Gasteiger partial charge on any atom is 0.458 e. The normalized spacial score (nSPS) is 14.2. The number of pyridine rings is 1. The third-order valence-corrected chi connectivity index (χ3v) is 8.34. The van der Waals surface area contributed by atoms with Gasteiger partial charge in [0, 0.05) is 37.1 Å². The molecule has 2 aliphatic rings. The number of anilines is 6. The van der Waals surface area contributed by atoms with Gasteiger partial charge in [-0.25, -0.2) is 9.61 Å². The Morgan fingerprint density at radius 1 is 0.898 bits per heavy atom. The topological polar surface area (TPSA) is 228 Å². The molecule has 1 aromatic carbocycles. The number of likely N-dealkylation sites (tertiary alicyclic amines) is 1. The van der Waals surface area contributed by atoms with Crippen LogP contribution in [0.3, 0.4) is 0 Å². The van der Waals surface area contributed by atoms with Crippen molar-refractivity contribution < 1.29 is 68.1 Å². The lowest BCUT2D eigenvalue weighted by atomic mass is 9.93. The molecule has 16 nitrogen and oxygen atoms in total. The average molecular weight is 867 g/mol. The van der Waals surface area contributed by atoms with Gasteiger partial charge in [-0.1, -0.05) is 11.6 Å². The van der Waals surface area contributed by atoms with Crippen LogP contribution in [0.5, 0.6) is 0 Å². The van der Waals surface area contributed by atoms with E-state index in [-0.39, 0.29) is 29.2 Å². The zero-order valence-corrected chi connectivity index (χ0v) is 30.4. The number of aromatic nitrogens is 5. The Morgan fingerprint density at radius 2 is 1.54 bits per heavy atom. The second-order valence-corrected chi connectivity index (χ2v) is 12.8. The molecule has 6 rings (SSSR count). The number of alkyl halides is 9. The molecular weight excluding hydrogens is 839 g/mol. The van der Waals surface area contributed by atoms with E-state index < -0.39 is 36.4 Å². The number of Topliss-reactive ketones (excluding diaryl/α,β-unsaturated/α-hetero) is 2. The van der Waals surface area contributed by atoms with Crippen molar-refractivity contribution in [2.24, 2.45) is 5.92 Å². The fourth-order valence-electron chi connectivity index (χ4n) is 5.31. The maximum atomic E-state index is 13.1. The Morgan fingerprint density at radius 3 is 2.12 bits per heavy atom. The van der Waals surface area contributed by atoms with Gasteiger partial charge in [0.2, 0.25) is 29.7 Å². The van der Waals surface area contributed by atoms with Crippen LogP contribution in [0.4, 0.5) is 74.2 Å². The molecule has 0 spiro atoms. The number of nitrogen functional groups attached to an aromatic ring is 1. The van der Waals surface area contributed by atoms with Crippen LogP contribution in [0.15, 0.2) is 47.5 Å². The number of piperidine rings is 1. The van der Waals surface area contributed by atoms with Gasteiger partial charge in [0.1, 0.15) is 5.02 Å². The largest absolute Gasteiger partial charge is 0.458 e. The van der Waals surface area contributed by atoms with E-state index in [1.54, 1.807) is 11.1 Å². The third-order valence-electron chi connectivity index (χ3n) is 8.07. The van der Waals surface area contributed by atoms with Gasteiger partial charge in [0.25, 0.3) is 5.91 Å². The molecule has 26 heteroatoms. The van der Waals surface area contributed by atoms with E-state index in [2.05, 4.69) is 45.8 Å². The van der Waals surface area contributed by atoms with Gasteiger partial charge < -0.3 is 26.6 Å². The number of hydrogen-bond donors (Lipinski definition) is 4. The average Bonchev–Trinajstić information content (AvgIpc) is 3.60. The highest BCUT2D eigenvalue weighted by Crippen LogP contribution is 2.30. The van der Waals surface area contributed by atoms with E-state index in [1.807, 2.05) is 30.5 Å². The van der Waals surface area contributed by atoms with E-state index in [0.717, 1.165) is 28.2 Å². The third kappa shape index (κ3) is 13.3. The zero-order chi connectivity index (χ0) is 43.7. The van der Waals surface area contributed by atoms with Crippen molar-refractivity contribution in [3.05, 3.63) is 64.7 Å². The van der Waals surface area contributed by atoms with E-state index in [9.17, 15) is 58.7 Å². The van der Waals surface area contributed by atoms with Crippen LogP contribution in [0.25, 0.3) is 0 Å². The molecule has 0 aliphatic carbocycles. The minimum Gasteiger partial charge on any atom is -0.379 e.